The average Bonchev–Trinajstić information content (AvgIpc) is 2.62. The van der Waals surface area contributed by atoms with Gasteiger partial charge in [0, 0.05) is 13.3 Å². The second-order valence-electron chi connectivity index (χ2n) is 5.22. The molecule has 1 atom stereocenters. The number of aromatic nitrogens is 1. The number of pyridine rings is 1. The van der Waals surface area contributed by atoms with E-state index in [1.165, 1.54) is 0 Å². The van der Waals surface area contributed by atoms with Gasteiger partial charge in [-0.2, -0.15) is 0 Å². The van der Waals surface area contributed by atoms with E-state index in [-0.39, 0.29) is 18.9 Å². The molecular weight excluding hydrogens is 308 g/mol. The smallest absolute Gasteiger partial charge is 0.225 e. The van der Waals surface area contributed by atoms with Crippen LogP contribution in [0.2, 0.25) is 0 Å². The highest BCUT2D eigenvalue weighted by atomic mass is 16.5. The Kier molecular flexibility index (Phi) is 7.20. The average molecular weight is 330 g/mol. The predicted molar refractivity (Wildman–Crippen MR) is 89.7 cm³/mol. The predicted octanol–water partition coefficient (Wildman–Crippen LogP) is 1.50. The molecule has 0 aliphatic rings. The lowest BCUT2D eigenvalue weighted by atomic mass is 10.1. The number of ether oxygens (including phenoxy) is 2. The van der Waals surface area contributed by atoms with E-state index in [1.54, 1.807) is 25.4 Å². The summed E-state index contributed by atoms with van der Waals surface area (Å²) in [6, 6.07) is 12.2. The molecule has 0 saturated heterocycles. The van der Waals surface area contributed by atoms with Gasteiger partial charge in [0.2, 0.25) is 5.91 Å². The lowest BCUT2D eigenvalue weighted by molar-refractivity contribution is -0.121. The van der Waals surface area contributed by atoms with Crippen molar-refractivity contribution < 1.29 is 19.4 Å². The molecule has 0 bridgehead atoms. The third-order valence-electron chi connectivity index (χ3n) is 3.41. The van der Waals surface area contributed by atoms with Crippen LogP contribution in [-0.4, -0.2) is 42.9 Å². The molecule has 2 rings (SSSR count). The molecule has 2 aromatic rings. The number of methoxy groups -OCH3 is 1. The van der Waals surface area contributed by atoms with Gasteiger partial charge in [0.1, 0.15) is 12.4 Å². The maximum absolute atomic E-state index is 12.2. The van der Waals surface area contributed by atoms with Crippen LogP contribution in [0.1, 0.15) is 17.3 Å². The highest BCUT2D eigenvalue weighted by Crippen LogP contribution is 2.13. The second kappa shape index (κ2) is 9.64. The Labute approximate surface area is 141 Å². The van der Waals surface area contributed by atoms with Crippen molar-refractivity contribution in [3.63, 3.8) is 0 Å². The maximum Gasteiger partial charge on any atom is 0.225 e. The van der Waals surface area contributed by atoms with Crippen molar-refractivity contribution in [2.75, 3.05) is 26.9 Å². The Morgan fingerprint density at radius 2 is 2.00 bits per heavy atom. The molecule has 0 spiro atoms. The highest BCUT2D eigenvalue weighted by molar-refractivity contribution is 5.79. The van der Waals surface area contributed by atoms with Gasteiger partial charge >= 0.3 is 0 Å². The van der Waals surface area contributed by atoms with E-state index in [0.29, 0.717) is 18.9 Å². The normalized spacial score (nSPS) is 11.8. The van der Waals surface area contributed by atoms with E-state index < -0.39 is 6.04 Å². The standard InChI is InChI=1S/C18H22N2O4/c1-23-10-11-24-15-7-5-14(6-8-15)12-18(22)20-17(13-21)16-4-2-3-9-19-16/h2-9,17,21H,10-13H2,1H3,(H,20,22). The molecule has 2 N–H and O–H groups in total. The van der Waals surface area contributed by atoms with Gasteiger partial charge in [-0.15, -0.1) is 0 Å². The van der Waals surface area contributed by atoms with Crippen molar-refractivity contribution in [3.8, 4) is 5.75 Å². The number of nitrogens with zero attached hydrogens (tertiary/aromatic N) is 1. The fraction of sp³-hybridized carbons (Fsp3) is 0.333. The number of hydrogen-bond acceptors (Lipinski definition) is 5. The maximum atomic E-state index is 12.2. The third kappa shape index (κ3) is 5.64. The summed E-state index contributed by atoms with van der Waals surface area (Å²) < 4.78 is 10.4. The first-order valence-corrected chi connectivity index (χ1v) is 7.74. The van der Waals surface area contributed by atoms with E-state index in [2.05, 4.69) is 10.3 Å². The topological polar surface area (TPSA) is 80.7 Å². The summed E-state index contributed by atoms with van der Waals surface area (Å²) in [5, 5.41) is 12.2. The molecule has 0 aliphatic carbocycles. The molecule has 1 unspecified atom stereocenters. The third-order valence-corrected chi connectivity index (χ3v) is 3.41. The Balaban J connectivity index is 1.87. The minimum Gasteiger partial charge on any atom is -0.491 e. The zero-order valence-electron chi connectivity index (χ0n) is 13.6. The SMILES string of the molecule is COCCOc1ccc(CC(=O)NC(CO)c2ccccn2)cc1. The van der Waals surface area contributed by atoms with Crippen LogP contribution in [0.25, 0.3) is 0 Å². The van der Waals surface area contributed by atoms with Gasteiger partial charge in [0.05, 0.1) is 31.4 Å². The van der Waals surface area contributed by atoms with Crippen LogP contribution < -0.4 is 10.1 Å². The molecule has 128 valence electrons. The van der Waals surface area contributed by atoms with Gasteiger partial charge in [0.25, 0.3) is 0 Å². The van der Waals surface area contributed by atoms with Crippen molar-refractivity contribution in [2.45, 2.75) is 12.5 Å². The summed E-state index contributed by atoms with van der Waals surface area (Å²) in [6.07, 6.45) is 1.86. The molecule has 6 nitrogen and oxygen atoms in total. The number of nitrogens with one attached hydrogen (secondary N) is 1. The van der Waals surface area contributed by atoms with Crippen LogP contribution in [0.3, 0.4) is 0 Å². The van der Waals surface area contributed by atoms with Crippen LogP contribution in [0.5, 0.6) is 5.75 Å². The van der Waals surface area contributed by atoms with E-state index in [9.17, 15) is 9.90 Å². The van der Waals surface area contributed by atoms with Crippen molar-refractivity contribution in [1.82, 2.24) is 10.3 Å². The fourth-order valence-corrected chi connectivity index (χ4v) is 2.17. The molecule has 24 heavy (non-hydrogen) atoms. The summed E-state index contributed by atoms with van der Waals surface area (Å²) in [5.41, 5.74) is 1.50. The van der Waals surface area contributed by atoms with Crippen molar-refractivity contribution in [1.29, 1.82) is 0 Å². The monoisotopic (exact) mass is 330 g/mol. The molecule has 0 aliphatic heterocycles. The fourth-order valence-electron chi connectivity index (χ4n) is 2.17. The van der Waals surface area contributed by atoms with Crippen molar-refractivity contribution >= 4 is 5.91 Å². The van der Waals surface area contributed by atoms with Gasteiger partial charge in [-0.3, -0.25) is 9.78 Å². The number of rotatable bonds is 9. The van der Waals surface area contributed by atoms with Crippen molar-refractivity contribution in [3.05, 3.63) is 59.9 Å². The van der Waals surface area contributed by atoms with Gasteiger partial charge in [-0.05, 0) is 29.8 Å². The molecule has 1 heterocycles. The van der Waals surface area contributed by atoms with Crippen LogP contribution >= 0.6 is 0 Å². The Hall–Kier alpha value is -2.44. The first-order valence-electron chi connectivity index (χ1n) is 7.74. The minimum atomic E-state index is -0.504. The molecule has 1 aromatic heterocycles. The van der Waals surface area contributed by atoms with Crippen LogP contribution in [0.15, 0.2) is 48.7 Å². The Morgan fingerprint density at radius 1 is 1.21 bits per heavy atom. The Bertz CT molecular complexity index is 617. The second-order valence-corrected chi connectivity index (χ2v) is 5.22. The first-order chi connectivity index (χ1) is 11.7. The number of carbonyl (C=O) groups is 1. The summed E-state index contributed by atoms with van der Waals surface area (Å²) in [5.74, 6) is 0.561. The zero-order chi connectivity index (χ0) is 17.2. The highest BCUT2D eigenvalue weighted by Gasteiger charge is 2.14. The molecular formula is C18H22N2O4. The summed E-state index contributed by atoms with van der Waals surface area (Å²) in [7, 11) is 1.62. The molecule has 1 aromatic carbocycles. The number of aliphatic hydroxyl groups excluding tert-OH is 1. The Morgan fingerprint density at radius 3 is 2.62 bits per heavy atom. The zero-order valence-corrected chi connectivity index (χ0v) is 13.6. The number of hydrogen-bond donors (Lipinski definition) is 2. The number of amides is 1. The quantitative estimate of drug-likeness (QED) is 0.681. The first kappa shape index (κ1) is 17.9. The molecule has 1 amide bonds. The van der Waals surface area contributed by atoms with E-state index in [4.69, 9.17) is 9.47 Å². The van der Waals surface area contributed by atoms with Crippen molar-refractivity contribution in [2.24, 2.45) is 0 Å². The van der Waals surface area contributed by atoms with Gasteiger partial charge in [-0.25, -0.2) is 0 Å². The summed E-state index contributed by atoms with van der Waals surface area (Å²) >= 11 is 0. The van der Waals surface area contributed by atoms with Gasteiger partial charge in [0.15, 0.2) is 0 Å². The van der Waals surface area contributed by atoms with Gasteiger partial charge in [-0.1, -0.05) is 18.2 Å². The van der Waals surface area contributed by atoms with Gasteiger partial charge < -0.3 is 19.9 Å². The molecule has 0 radical (unpaired) electrons. The largest absolute Gasteiger partial charge is 0.491 e. The lowest BCUT2D eigenvalue weighted by Crippen LogP contribution is -2.32. The van der Waals surface area contributed by atoms with E-state index in [0.717, 1.165) is 11.3 Å². The number of aliphatic hydroxyl groups is 1. The lowest BCUT2D eigenvalue weighted by Gasteiger charge is -2.15. The van der Waals surface area contributed by atoms with Crippen LogP contribution in [-0.2, 0) is 16.0 Å². The van der Waals surface area contributed by atoms with Crippen LogP contribution in [0, 0.1) is 0 Å². The minimum absolute atomic E-state index is 0.173. The molecule has 0 fully saturated rings. The molecule has 0 saturated carbocycles. The number of carbonyl (C=O) groups excluding carboxylic acids is 1. The van der Waals surface area contributed by atoms with Crippen LogP contribution in [0.4, 0.5) is 0 Å². The molecule has 6 heteroatoms. The summed E-state index contributed by atoms with van der Waals surface area (Å²) in [4.78, 5) is 16.3. The van der Waals surface area contributed by atoms with E-state index >= 15 is 0 Å². The summed E-state index contributed by atoms with van der Waals surface area (Å²) in [6.45, 7) is 0.813. The van der Waals surface area contributed by atoms with E-state index in [1.807, 2.05) is 30.3 Å². The number of benzene rings is 1.